The van der Waals surface area contributed by atoms with Crippen molar-refractivity contribution in [3.63, 3.8) is 0 Å². The minimum atomic E-state index is -0.193. The molecule has 25 heavy (non-hydrogen) atoms. The molecular formula is C19H22N4O2. The van der Waals surface area contributed by atoms with Crippen LogP contribution in [0.25, 0.3) is 10.8 Å². The van der Waals surface area contributed by atoms with Crippen LogP contribution in [0.4, 0.5) is 0 Å². The number of rotatable bonds is 6. The van der Waals surface area contributed by atoms with Crippen LogP contribution in [-0.2, 0) is 11.2 Å². The predicted molar refractivity (Wildman–Crippen MR) is 96.5 cm³/mol. The first-order chi connectivity index (χ1) is 12.1. The van der Waals surface area contributed by atoms with E-state index in [0.717, 1.165) is 34.3 Å². The summed E-state index contributed by atoms with van der Waals surface area (Å²) in [6.07, 6.45) is 1.02. The van der Waals surface area contributed by atoms with Gasteiger partial charge >= 0.3 is 0 Å². The molecule has 3 rings (SSSR count). The van der Waals surface area contributed by atoms with Crippen molar-refractivity contribution < 1.29 is 9.53 Å². The molecule has 0 aliphatic rings. The first-order valence-corrected chi connectivity index (χ1v) is 8.34. The zero-order valence-electron chi connectivity index (χ0n) is 14.7. The highest BCUT2D eigenvalue weighted by Crippen LogP contribution is 2.24. The molecule has 6 nitrogen and oxygen atoms in total. The number of amides is 1. The van der Waals surface area contributed by atoms with Gasteiger partial charge in [-0.25, -0.2) is 4.98 Å². The van der Waals surface area contributed by atoms with Crippen LogP contribution in [0.2, 0.25) is 0 Å². The van der Waals surface area contributed by atoms with Crippen molar-refractivity contribution in [3.8, 4) is 5.75 Å². The number of aromatic amines is 1. The van der Waals surface area contributed by atoms with Gasteiger partial charge in [0.15, 0.2) is 5.82 Å². The molecule has 0 fully saturated rings. The van der Waals surface area contributed by atoms with Crippen LogP contribution in [0.1, 0.15) is 36.6 Å². The van der Waals surface area contributed by atoms with Crippen molar-refractivity contribution in [1.29, 1.82) is 0 Å². The number of ether oxygens (including phenoxy) is 1. The average Bonchev–Trinajstić information content (AvgIpc) is 3.05. The van der Waals surface area contributed by atoms with Crippen molar-refractivity contribution in [2.75, 3.05) is 7.11 Å². The summed E-state index contributed by atoms with van der Waals surface area (Å²) in [5.41, 5.74) is 0.968. The zero-order chi connectivity index (χ0) is 17.8. The lowest BCUT2D eigenvalue weighted by Gasteiger charge is -2.14. The molecule has 1 heterocycles. The van der Waals surface area contributed by atoms with Gasteiger partial charge in [0.2, 0.25) is 5.91 Å². The number of methoxy groups -OCH3 is 1. The van der Waals surface area contributed by atoms with Gasteiger partial charge in [0, 0.05) is 0 Å². The SMILES string of the molecule is CC[C@H](NC(=O)Cc1cccc2ccc(OC)cc12)c1n[nH]c(C)n1. The van der Waals surface area contributed by atoms with Gasteiger partial charge in [-0.3, -0.25) is 9.89 Å². The number of H-pyrrole nitrogens is 1. The van der Waals surface area contributed by atoms with Gasteiger partial charge < -0.3 is 10.1 Å². The minimum Gasteiger partial charge on any atom is -0.497 e. The van der Waals surface area contributed by atoms with Gasteiger partial charge in [-0.2, -0.15) is 5.10 Å². The summed E-state index contributed by atoms with van der Waals surface area (Å²) in [6.45, 7) is 3.84. The number of carbonyl (C=O) groups is 1. The molecule has 3 aromatic rings. The van der Waals surface area contributed by atoms with E-state index < -0.39 is 0 Å². The molecule has 0 aliphatic carbocycles. The Bertz CT molecular complexity index is 888. The number of aromatic nitrogens is 3. The average molecular weight is 338 g/mol. The first kappa shape index (κ1) is 17.0. The maximum atomic E-state index is 12.6. The second-order valence-corrected chi connectivity index (χ2v) is 5.99. The fourth-order valence-corrected chi connectivity index (χ4v) is 2.88. The largest absolute Gasteiger partial charge is 0.497 e. The molecule has 2 N–H and O–H groups in total. The Hall–Kier alpha value is -2.89. The molecular weight excluding hydrogens is 316 g/mol. The Morgan fingerprint density at radius 1 is 1.32 bits per heavy atom. The summed E-state index contributed by atoms with van der Waals surface area (Å²) in [5, 5.41) is 12.1. The van der Waals surface area contributed by atoms with Crippen LogP contribution >= 0.6 is 0 Å². The molecule has 0 radical (unpaired) electrons. The summed E-state index contributed by atoms with van der Waals surface area (Å²) >= 11 is 0. The number of aryl methyl sites for hydroxylation is 1. The molecule has 1 amide bonds. The Labute approximate surface area is 146 Å². The van der Waals surface area contributed by atoms with Gasteiger partial charge in [0.25, 0.3) is 0 Å². The third kappa shape index (κ3) is 3.79. The monoisotopic (exact) mass is 338 g/mol. The van der Waals surface area contributed by atoms with E-state index in [-0.39, 0.29) is 11.9 Å². The van der Waals surface area contributed by atoms with Crippen LogP contribution in [0.3, 0.4) is 0 Å². The molecule has 2 aromatic carbocycles. The van der Waals surface area contributed by atoms with Crippen LogP contribution in [-0.4, -0.2) is 28.2 Å². The lowest BCUT2D eigenvalue weighted by atomic mass is 10.0. The van der Waals surface area contributed by atoms with E-state index >= 15 is 0 Å². The van der Waals surface area contributed by atoms with E-state index in [1.807, 2.05) is 50.2 Å². The first-order valence-electron chi connectivity index (χ1n) is 8.34. The maximum Gasteiger partial charge on any atom is 0.225 e. The fraction of sp³-hybridized carbons (Fsp3) is 0.316. The molecule has 6 heteroatoms. The summed E-state index contributed by atoms with van der Waals surface area (Å²) in [4.78, 5) is 16.9. The quantitative estimate of drug-likeness (QED) is 0.724. The van der Waals surface area contributed by atoms with Crippen LogP contribution in [0.5, 0.6) is 5.75 Å². The van der Waals surface area contributed by atoms with Gasteiger partial charge in [0.05, 0.1) is 19.6 Å². The van der Waals surface area contributed by atoms with Gasteiger partial charge in [-0.1, -0.05) is 31.2 Å². The Morgan fingerprint density at radius 3 is 2.84 bits per heavy atom. The molecule has 1 aromatic heterocycles. The van der Waals surface area contributed by atoms with Crippen molar-refractivity contribution in [1.82, 2.24) is 20.5 Å². The fourth-order valence-electron chi connectivity index (χ4n) is 2.88. The van der Waals surface area contributed by atoms with E-state index in [1.165, 1.54) is 0 Å². The number of hydrogen-bond donors (Lipinski definition) is 2. The topological polar surface area (TPSA) is 79.9 Å². The summed E-state index contributed by atoms with van der Waals surface area (Å²) in [7, 11) is 1.64. The number of benzene rings is 2. The summed E-state index contributed by atoms with van der Waals surface area (Å²) in [6, 6.07) is 11.7. The van der Waals surface area contributed by atoms with Crippen LogP contribution in [0.15, 0.2) is 36.4 Å². The second-order valence-electron chi connectivity index (χ2n) is 5.99. The highest BCUT2D eigenvalue weighted by molar-refractivity contribution is 5.91. The second kappa shape index (κ2) is 7.34. The molecule has 0 bridgehead atoms. The Morgan fingerprint density at radius 2 is 2.16 bits per heavy atom. The van der Waals surface area contributed by atoms with Crippen LogP contribution in [0, 0.1) is 6.92 Å². The number of carbonyl (C=O) groups excluding carboxylic acids is 1. The number of nitrogens with zero attached hydrogens (tertiary/aromatic N) is 2. The normalized spacial score (nSPS) is 12.1. The molecule has 0 saturated heterocycles. The minimum absolute atomic E-state index is 0.0513. The van der Waals surface area contributed by atoms with Crippen LogP contribution < -0.4 is 10.1 Å². The molecule has 0 unspecified atom stereocenters. The van der Waals surface area contributed by atoms with E-state index in [9.17, 15) is 4.79 Å². The third-order valence-corrected chi connectivity index (χ3v) is 4.20. The zero-order valence-corrected chi connectivity index (χ0v) is 14.7. The lowest BCUT2D eigenvalue weighted by molar-refractivity contribution is -0.121. The van der Waals surface area contributed by atoms with Gasteiger partial charge in [-0.05, 0) is 41.8 Å². The maximum absolute atomic E-state index is 12.6. The molecule has 130 valence electrons. The van der Waals surface area contributed by atoms with Crippen molar-refractivity contribution in [3.05, 3.63) is 53.6 Å². The Balaban J connectivity index is 1.79. The molecule has 0 aliphatic heterocycles. The summed E-state index contributed by atoms with van der Waals surface area (Å²) < 4.78 is 5.30. The highest BCUT2D eigenvalue weighted by atomic mass is 16.5. The third-order valence-electron chi connectivity index (χ3n) is 4.20. The molecule has 0 spiro atoms. The number of hydrogen-bond acceptors (Lipinski definition) is 4. The van der Waals surface area contributed by atoms with Gasteiger partial charge in [0.1, 0.15) is 11.6 Å². The van der Waals surface area contributed by atoms with E-state index in [0.29, 0.717) is 12.2 Å². The molecule has 1 atom stereocenters. The van der Waals surface area contributed by atoms with E-state index in [4.69, 9.17) is 4.74 Å². The summed E-state index contributed by atoms with van der Waals surface area (Å²) in [5.74, 6) is 2.09. The molecule has 0 saturated carbocycles. The smallest absolute Gasteiger partial charge is 0.225 e. The number of fused-ring (bicyclic) bond motifs is 1. The predicted octanol–water partition coefficient (Wildman–Crippen LogP) is 3.08. The number of nitrogens with one attached hydrogen (secondary N) is 2. The highest BCUT2D eigenvalue weighted by Gasteiger charge is 2.17. The lowest BCUT2D eigenvalue weighted by Crippen LogP contribution is -2.30. The van der Waals surface area contributed by atoms with E-state index in [1.54, 1.807) is 7.11 Å². The van der Waals surface area contributed by atoms with Crippen molar-refractivity contribution >= 4 is 16.7 Å². The van der Waals surface area contributed by atoms with Gasteiger partial charge in [-0.15, -0.1) is 0 Å². The van der Waals surface area contributed by atoms with Crippen molar-refractivity contribution in [2.24, 2.45) is 0 Å². The Kier molecular flexibility index (Phi) is 4.97. The van der Waals surface area contributed by atoms with E-state index in [2.05, 4.69) is 20.5 Å². The van der Waals surface area contributed by atoms with Crippen molar-refractivity contribution in [2.45, 2.75) is 32.7 Å². The standard InChI is InChI=1S/C19H22N4O2/c1-4-17(19-20-12(2)22-23-19)21-18(24)10-14-7-5-6-13-8-9-15(25-3)11-16(13)14/h5-9,11,17H,4,10H2,1-3H3,(H,21,24)(H,20,22,23)/t17-/m0/s1.